The second-order valence-electron chi connectivity index (χ2n) is 4.46. The van der Waals surface area contributed by atoms with Crippen molar-refractivity contribution in [3.05, 3.63) is 35.4 Å². The summed E-state index contributed by atoms with van der Waals surface area (Å²) >= 11 is 0. The summed E-state index contributed by atoms with van der Waals surface area (Å²) in [5, 5.41) is 19.1. The molecule has 88 valence electrons. The summed E-state index contributed by atoms with van der Waals surface area (Å²) in [6, 6.07) is 7.30. The standard InChI is InChI=1S/C13H18O3/c1-8(2)11(13(15)16)12(14)10-6-4-9(3)5-7-10/h4-8,11-12,14H,1-3H3,(H,15,16). The highest BCUT2D eigenvalue weighted by atomic mass is 16.4. The molecule has 16 heavy (non-hydrogen) atoms. The van der Waals surface area contributed by atoms with Gasteiger partial charge in [-0.25, -0.2) is 0 Å². The maximum absolute atomic E-state index is 11.1. The molecule has 1 aromatic carbocycles. The zero-order valence-corrected chi connectivity index (χ0v) is 9.84. The molecule has 0 radical (unpaired) electrons. The number of aliphatic hydroxyl groups excluding tert-OH is 1. The second-order valence-corrected chi connectivity index (χ2v) is 4.46. The van der Waals surface area contributed by atoms with Crippen LogP contribution in [0.15, 0.2) is 24.3 Å². The lowest BCUT2D eigenvalue weighted by atomic mass is 9.86. The fourth-order valence-corrected chi connectivity index (χ4v) is 1.76. The highest BCUT2D eigenvalue weighted by Crippen LogP contribution is 2.28. The van der Waals surface area contributed by atoms with Gasteiger partial charge >= 0.3 is 5.97 Å². The molecule has 0 fully saturated rings. The van der Waals surface area contributed by atoms with Crippen LogP contribution in [0, 0.1) is 18.8 Å². The van der Waals surface area contributed by atoms with Crippen molar-refractivity contribution in [2.45, 2.75) is 26.9 Å². The Kier molecular flexibility index (Phi) is 4.07. The molecule has 0 saturated heterocycles. The summed E-state index contributed by atoms with van der Waals surface area (Å²) in [6.07, 6.45) is -0.946. The summed E-state index contributed by atoms with van der Waals surface area (Å²) < 4.78 is 0. The number of hydrogen-bond acceptors (Lipinski definition) is 2. The number of benzene rings is 1. The lowest BCUT2D eigenvalue weighted by Crippen LogP contribution is -2.26. The summed E-state index contributed by atoms with van der Waals surface area (Å²) in [5.74, 6) is -1.82. The predicted molar refractivity (Wildman–Crippen MR) is 62.1 cm³/mol. The van der Waals surface area contributed by atoms with Gasteiger partial charge in [-0.15, -0.1) is 0 Å². The fraction of sp³-hybridized carbons (Fsp3) is 0.462. The zero-order valence-electron chi connectivity index (χ0n) is 9.84. The monoisotopic (exact) mass is 222 g/mol. The molecule has 0 saturated carbocycles. The summed E-state index contributed by atoms with van der Waals surface area (Å²) in [6.45, 7) is 5.56. The van der Waals surface area contributed by atoms with Crippen LogP contribution >= 0.6 is 0 Å². The van der Waals surface area contributed by atoms with Crippen LogP contribution in [-0.2, 0) is 4.79 Å². The Bertz CT molecular complexity index is 354. The second kappa shape index (κ2) is 5.12. The molecule has 0 aliphatic carbocycles. The Hall–Kier alpha value is -1.35. The molecule has 0 spiro atoms. The van der Waals surface area contributed by atoms with Gasteiger partial charge in [-0.1, -0.05) is 43.7 Å². The molecular formula is C13H18O3. The van der Waals surface area contributed by atoms with E-state index < -0.39 is 18.0 Å². The van der Waals surface area contributed by atoms with Crippen molar-refractivity contribution >= 4 is 5.97 Å². The van der Waals surface area contributed by atoms with E-state index in [4.69, 9.17) is 5.11 Å². The van der Waals surface area contributed by atoms with Crippen LogP contribution in [0.1, 0.15) is 31.1 Å². The van der Waals surface area contributed by atoms with E-state index in [1.165, 1.54) is 0 Å². The number of aryl methyl sites for hydroxylation is 1. The minimum atomic E-state index is -0.955. The zero-order chi connectivity index (χ0) is 12.3. The molecular weight excluding hydrogens is 204 g/mol. The van der Waals surface area contributed by atoms with E-state index in [-0.39, 0.29) is 5.92 Å². The van der Waals surface area contributed by atoms with E-state index in [2.05, 4.69) is 0 Å². The van der Waals surface area contributed by atoms with Crippen LogP contribution < -0.4 is 0 Å². The van der Waals surface area contributed by atoms with Crippen molar-refractivity contribution in [2.75, 3.05) is 0 Å². The van der Waals surface area contributed by atoms with Gasteiger partial charge in [-0.2, -0.15) is 0 Å². The van der Waals surface area contributed by atoms with Crippen LogP contribution in [0.5, 0.6) is 0 Å². The molecule has 0 heterocycles. The molecule has 1 aromatic rings. The van der Waals surface area contributed by atoms with Gasteiger partial charge < -0.3 is 10.2 Å². The Labute approximate surface area is 95.7 Å². The Morgan fingerprint density at radius 2 is 1.69 bits per heavy atom. The highest BCUT2D eigenvalue weighted by molar-refractivity contribution is 5.71. The van der Waals surface area contributed by atoms with Crippen LogP contribution in [0.25, 0.3) is 0 Å². The van der Waals surface area contributed by atoms with Gasteiger partial charge in [0.25, 0.3) is 0 Å². The van der Waals surface area contributed by atoms with Crippen LogP contribution in [0.4, 0.5) is 0 Å². The van der Waals surface area contributed by atoms with E-state index in [1.54, 1.807) is 26.0 Å². The Morgan fingerprint density at radius 1 is 1.19 bits per heavy atom. The van der Waals surface area contributed by atoms with Crippen molar-refractivity contribution in [3.8, 4) is 0 Å². The maximum atomic E-state index is 11.1. The average molecular weight is 222 g/mol. The molecule has 1 rings (SSSR count). The van der Waals surface area contributed by atoms with Gasteiger partial charge in [0.1, 0.15) is 0 Å². The van der Waals surface area contributed by atoms with E-state index in [0.717, 1.165) is 5.56 Å². The van der Waals surface area contributed by atoms with E-state index in [0.29, 0.717) is 5.56 Å². The minimum Gasteiger partial charge on any atom is -0.481 e. The minimum absolute atomic E-state index is 0.103. The first-order chi connectivity index (χ1) is 7.43. The average Bonchev–Trinajstić information content (AvgIpc) is 2.17. The van der Waals surface area contributed by atoms with Crippen LogP contribution in [-0.4, -0.2) is 16.2 Å². The maximum Gasteiger partial charge on any atom is 0.309 e. The SMILES string of the molecule is Cc1ccc(C(O)C(C(=O)O)C(C)C)cc1. The van der Waals surface area contributed by atoms with E-state index in [9.17, 15) is 9.90 Å². The van der Waals surface area contributed by atoms with Crippen molar-refractivity contribution < 1.29 is 15.0 Å². The van der Waals surface area contributed by atoms with Gasteiger partial charge in [0.05, 0.1) is 12.0 Å². The molecule has 0 aliphatic heterocycles. The molecule has 3 nitrogen and oxygen atoms in total. The lowest BCUT2D eigenvalue weighted by molar-refractivity contribution is -0.148. The summed E-state index contributed by atoms with van der Waals surface area (Å²) in [7, 11) is 0. The summed E-state index contributed by atoms with van der Waals surface area (Å²) in [5.41, 5.74) is 1.75. The van der Waals surface area contributed by atoms with Crippen LogP contribution in [0.2, 0.25) is 0 Å². The molecule has 2 atom stereocenters. The van der Waals surface area contributed by atoms with Gasteiger partial charge in [-0.3, -0.25) is 4.79 Å². The molecule has 0 bridgehead atoms. The van der Waals surface area contributed by atoms with E-state index in [1.807, 2.05) is 19.1 Å². The molecule has 3 heteroatoms. The third-order valence-electron chi connectivity index (χ3n) is 2.76. The molecule has 2 N–H and O–H groups in total. The topological polar surface area (TPSA) is 57.5 Å². The number of carboxylic acids is 1. The molecule has 2 unspecified atom stereocenters. The summed E-state index contributed by atoms with van der Waals surface area (Å²) in [4.78, 5) is 11.1. The lowest BCUT2D eigenvalue weighted by Gasteiger charge is -2.22. The number of aliphatic hydroxyl groups is 1. The fourth-order valence-electron chi connectivity index (χ4n) is 1.76. The van der Waals surface area contributed by atoms with Crippen molar-refractivity contribution in [1.82, 2.24) is 0 Å². The van der Waals surface area contributed by atoms with Crippen molar-refractivity contribution in [3.63, 3.8) is 0 Å². The van der Waals surface area contributed by atoms with Crippen LogP contribution in [0.3, 0.4) is 0 Å². The smallest absolute Gasteiger partial charge is 0.309 e. The van der Waals surface area contributed by atoms with Gasteiger partial charge in [0.15, 0.2) is 0 Å². The number of aliphatic carboxylic acids is 1. The van der Waals surface area contributed by atoms with Gasteiger partial charge in [0.2, 0.25) is 0 Å². The first kappa shape index (κ1) is 12.7. The largest absolute Gasteiger partial charge is 0.481 e. The molecule has 0 aromatic heterocycles. The van der Waals surface area contributed by atoms with Gasteiger partial charge in [-0.05, 0) is 18.4 Å². The third kappa shape index (κ3) is 2.83. The van der Waals surface area contributed by atoms with Crippen molar-refractivity contribution in [2.24, 2.45) is 11.8 Å². The quantitative estimate of drug-likeness (QED) is 0.822. The third-order valence-corrected chi connectivity index (χ3v) is 2.76. The number of hydrogen-bond donors (Lipinski definition) is 2. The van der Waals surface area contributed by atoms with E-state index >= 15 is 0 Å². The molecule has 0 aliphatic rings. The normalized spacial score (nSPS) is 14.8. The first-order valence-electron chi connectivity index (χ1n) is 5.41. The first-order valence-corrected chi connectivity index (χ1v) is 5.41. The number of rotatable bonds is 4. The number of carboxylic acid groups (broad SMARTS) is 1. The molecule has 0 amide bonds. The highest BCUT2D eigenvalue weighted by Gasteiger charge is 2.30. The van der Waals surface area contributed by atoms with Gasteiger partial charge in [0, 0.05) is 0 Å². The Morgan fingerprint density at radius 3 is 2.06 bits per heavy atom. The Balaban J connectivity index is 2.94. The predicted octanol–water partition coefficient (Wildman–Crippen LogP) is 2.39. The number of carbonyl (C=O) groups is 1. The van der Waals surface area contributed by atoms with Crippen molar-refractivity contribution in [1.29, 1.82) is 0 Å².